The summed E-state index contributed by atoms with van der Waals surface area (Å²) in [4.78, 5) is 0. The summed E-state index contributed by atoms with van der Waals surface area (Å²) in [7, 11) is 0. The smallest absolute Gasteiger partial charge is 0.0587 e. The number of rotatable bonds is 0. The van der Waals surface area contributed by atoms with Crippen molar-refractivity contribution >= 4 is 0 Å². The Kier molecular flexibility index (Phi) is 1.91. The summed E-state index contributed by atoms with van der Waals surface area (Å²) in [5.41, 5.74) is 5.97. The number of fused-ring (bicyclic) bond motifs is 7. The number of hydrogen-bond donors (Lipinski definition) is 1. The summed E-state index contributed by atoms with van der Waals surface area (Å²) < 4.78 is 0. The van der Waals surface area contributed by atoms with E-state index in [9.17, 15) is 0 Å². The Labute approximate surface area is 101 Å². The van der Waals surface area contributed by atoms with Crippen LogP contribution in [-0.2, 0) is 6.42 Å². The van der Waals surface area contributed by atoms with Gasteiger partial charge in [-0.2, -0.15) is 0 Å². The van der Waals surface area contributed by atoms with Gasteiger partial charge in [0.15, 0.2) is 0 Å². The van der Waals surface area contributed by atoms with Crippen molar-refractivity contribution in [1.82, 2.24) is 5.32 Å². The molecule has 2 aliphatic rings. The fraction of sp³-hybridized carbons (Fsp3) is 0.250. The Hall–Kier alpha value is -1.60. The second-order valence-electron chi connectivity index (χ2n) is 5.02. The van der Waals surface area contributed by atoms with Gasteiger partial charge in [-0.05, 0) is 35.1 Å². The normalized spacial score (nSPS) is 24.9. The zero-order valence-electron chi connectivity index (χ0n) is 9.69. The van der Waals surface area contributed by atoms with Gasteiger partial charge >= 0.3 is 0 Å². The number of nitrogens with one attached hydrogen (secondary N) is 1. The maximum atomic E-state index is 3.77. The molecular weight excluding hydrogens is 206 g/mol. The van der Waals surface area contributed by atoms with E-state index >= 15 is 0 Å². The first-order chi connectivity index (χ1) is 8.43. The van der Waals surface area contributed by atoms with Crippen molar-refractivity contribution < 1.29 is 0 Å². The van der Waals surface area contributed by atoms with Gasteiger partial charge in [-0.1, -0.05) is 48.5 Å². The molecule has 2 aliphatic heterocycles. The third-order valence-corrected chi connectivity index (χ3v) is 4.12. The molecule has 2 heterocycles. The lowest BCUT2D eigenvalue weighted by atomic mass is 9.89. The minimum atomic E-state index is 0.412. The standard InChI is InChI=1S/C16H15N/c1-2-6-12-11(5-1)9-10-15-13-7-3-4-8-14(13)16(12)17-15/h1-8,15-17H,9-10H2. The molecule has 1 N–H and O–H groups in total. The van der Waals surface area contributed by atoms with Gasteiger partial charge in [0.25, 0.3) is 0 Å². The van der Waals surface area contributed by atoms with Crippen molar-refractivity contribution in [1.29, 1.82) is 0 Å². The Bertz CT molecular complexity index is 573. The molecule has 2 unspecified atom stereocenters. The van der Waals surface area contributed by atoms with Crippen LogP contribution in [0.3, 0.4) is 0 Å². The van der Waals surface area contributed by atoms with Crippen molar-refractivity contribution in [3.8, 4) is 0 Å². The van der Waals surface area contributed by atoms with Crippen LogP contribution in [0, 0.1) is 0 Å². The fourth-order valence-corrected chi connectivity index (χ4v) is 3.31. The van der Waals surface area contributed by atoms with E-state index in [0.717, 1.165) is 0 Å². The minimum absolute atomic E-state index is 0.412. The van der Waals surface area contributed by atoms with Crippen LogP contribution in [-0.4, -0.2) is 0 Å². The van der Waals surface area contributed by atoms with Crippen LogP contribution in [0.2, 0.25) is 0 Å². The predicted octanol–water partition coefficient (Wildman–Crippen LogP) is 3.37. The van der Waals surface area contributed by atoms with Crippen LogP contribution in [0.1, 0.15) is 40.8 Å². The largest absolute Gasteiger partial charge is 0.299 e. The lowest BCUT2D eigenvalue weighted by molar-refractivity contribution is 0.529. The summed E-state index contributed by atoms with van der Waals surface area (Å²) in [6.07, 6.45) is 2.41. The van der Waals surface area contributed by atoms with Gasteiger partial charge in [0.2, 0.25) is 0 Å². The quantitative estimate of drug-likeness (QED) is 0.719. The van der Waals surface area contributed by atoms with E-state index in [-0.39, 0.29) is 0 Å². The van der Waals surface area contributed by atoms with Crippen LogP contribution >= 0.6 is 0 Å². The molecule has 2 atom stereocenters. The molecule has 0 aromatic heterocycles. The van der Waals surface area contributed by atoms with Gasteiger partial charge in [0.05, 0.1) is 6.04 Å². The first-order valence-electron chi connectivity index (χ1n) is 6.36. The molecule has 84 valence electrons. The molecule has 2 bridgehead atoms. The first-order valence-corrected chi connectivity index (χ1v) is 6.36. The molecular formula is C16H15N. The molecule has 0 radical (unpaired) electrons. The van der Waals surface area contributed by atoms with Crippen molar-refractivity contribution in [2.24, 2.45) is 0 Å². The fourth-order valence-electron chi connectivity index (χ4n) is 3.31. The average molecular weight is 221 g/mol. The molecule has 0 saturated carbocycles. The molecule has 0 amide bonds. The second-order valence-corrected chi connectivity index (χ2v) is 5.02. The highest BCUT2D eigenvalue weighted by Crippen LogP contribution is 2.42. The van der Waals surface area contributed by atoms with Crippen molar-refractivity contribution in [3.05, 3.63) is 70.8 Å². The van der Waals surface area contributed by atoms with Crippen molar-refractivity contribution in [3.63, 3.8) is 0 Å². The molecule has 2 aromatic rings. The number of hydrogen-bond acceptors (Lipinski definition) is 1. The molecule has 0 aliphatic carbocycles. The van der Waals surface area contributed by atoms with Gasteiger partial charge in [-0.15, -0.1) is 0 Å². The van der Waals surface area contributed by atoms with Crippen LogP contribution in [0.25, 0.3) is 0 Å². The van der Waals surface area contributed by atoms with E-state index in [2.05, 4.69) is 53.8 Å². The van der Waals surface area contributed by atoms with E-state index in [4.69, 9.17) is 0 Å². The lowest BCUT2D eigenvalue weighted by Gasteiger charge is -2.15. The van der Waals surface area contributed by atoms with Gasteiger partial charge in [-0.3, -0.25) is 5.32 Å². The minimum Gasteiger partial charge on any atom is -0.299 e. The molecule has 1 nitrogen and oxygen atoms in total. The van der Waals surface area contributed by atoms with Gasteiger partial charge in [0, 0.05) is 6.04 Å². The summed E-state index contributed by atoms with van der Waals surface area (Å²) in [6.45, 7) is 0. The zero-order chi connectivity index (χ0) is 11.2. The second kappa shape index (κ2) is 3.44. The summed E-state index contributed by atoms with van der Waals surface area (Å²) >= 11 is 0. The maximum absolute atomic E-state index is 3.77. The third kappa shape index (κ3) is 1.29. The van der Waals surface area contributed by atoms with Gasteiger partial charge < -0.3 is 0 Å². The van der Waals surface area contributed by atoms with E-state index in [1.165, 1.54) is 35.1 Å². The summed E-state index contributed by atoms with van der Waals surface area (Å²) in [6, 6.07) is 18.7. The zero-order valence-corrected chi connectivity index (χ0v) is 9.69. The van der Waals surface area contributed by atoms with E-state index < -0.39 is 0 Å². The van der Waals surface area contributed by atoms with Crippen LogP contribution in [0.4, 0.5) is 0 Å². The topological polar surface area (TPSA) is 12.0 Å². The average Bonchev–Trinajstić information content (AvgIpc) is 2.63. The molecule has 0 saturated heterocycles. The Morgan fingerprint density at radius 3 is 2.41 bits per heavy atom. The molecule has 2 aromatic carbocycles. The van der Waals surface area contributed by atoms with E-state index in [1.54, 1.807) is 0 Å². The summed E-state index contributed by atoms with van der Waals surface area (Å²) in [5, 5.41) is 3.77. The highest BCUT2D eigenvalue weighted by atomic mass is 15.0. The van der Waals surface area contributed by atoms with Crippen molar-refractivity contribution in [2.75, 3.05) is 0 Å². The third-order valence-electron chi connectivity index (χ3n) is 4.12. The van der Waals surface area contributed by atoms with Crippen LogP contribution in [0.5, 0.6) is 0 Å². The summed E-state index contributed by atoms with van der Waals surface area (Å²) in [5.74, 6) is 0. The predicted molar refractivity (Wildman–Crippen MR) is 68.9 cm³/mol. The first kappa shape index (κ1) is 9.43. The molecule has 17 heavy (non-hydrogen) atoms. The molecule has 0 fully saturated rings. The van der Waals surface area contributed by atoms with Crippen molar-refractivity contribution in [2.45, 2.75) is 24.9 Å². The number of benzene rings is 2. The highest BCUT2D eigenvalue weighted by molar-refractivity contribution is 5.47. The maximum Gasteiger partial charge on any atom is 0.0587 e. The SMILES string of the molecule is c1ccc2c(c1)CCC1NC2c2ccccc21. The Morgan fingerprint density at radius 2 is 1.53 bits per heavy atom. The molecule has 4 rings (SSSR count). The molecule has 1 heteroatoms. The number of aryl methyl sites for hydroxylation is 1. The van der Waals surface area contributed by atoms with E-state index in [0.29, 0.717) is 12.1 Å². The molecule has 0 spiro atoms. The highest BCUT2D eigenvalue weighted by Gasteiger charge is 2.33. The Balaban J connectivity index is 1.95. The van der Waals surface area contributed by atoms with E-state index in [1.807, 2.05) is 0 Å². The van der Waals surface area contributed by atoms with Crippen LogP contribution < -0.4 is 5.32 Å². The van der Waals surface area contributed by atoms with Crippen LogP contribution in [0.15, 0.2) is 48.5 Å². The Morgan fingerprint density at radius 1 is 0.824 bits per heavy atom. The van der Waals surface area contributed by atoms with Gasteiger partial charge in [-0.25, -0.2) is 0 Å². The lowest BCUT2D eigenvalue weighted by Crippen LogP contribution is -2.16. The van der Waals surface area contributed by atoms with Gasteiger partial charge in [0.1, 0.15) is 0 Å². The monoisotopic (exact) mass is 221 g/mol.